The average molecular weight is 520 g/mol. The van der Waals surface area contributed by atoms with Gasteiger partial charge in [0.1, 0.15) is 10.9 Å². The number of benzene rings is 2. The number of sulfonamides is 1. The molecule has 0 bridgehead atoms. The lowest BCUT2D eigenvalue weighted by Crippen LogP contribution is -2.48. The van der Waals surface area contributed by atoms with Crippen LogP contribution >= 0.6 is 11.6 Å². The SMILES string of the molecule is CC(C)CNC(=O)[C@@H](C)N(Cc1ccccc1Cl)C(=O)CCCN1C(=O)c2ccccc2S1(=O)=O. The van der Waals surface area contributed by atoms with E-state index in [4.69, 9.17) is 11.6 Å². The monoisotopic (exact) mass is 519 g/mol. The predicted octanol–water partition coefficient (Wildman–Crippen LogP) is 3.45. The molecule has 0 saturated heterocycles. The van der Waals surface area contributed by atoms with Crippen LogP contribution in [0.3, 0.4) is 0 Å². The summed E-state index contributed by atoms with van der Waals surface area (Å²) in [6, 6.07) is 12.4. The number of hydrogen-bond donors (Lipinski definition) is 1. The normalized spacial score (nSPS) is 15.1. The maximum absolute atomic E-state index is 13.2. The van der Waals surface area contributed by atoms with Gasteiger partial charge in [-0.15, -0.1) is 0 Å². The predicted molar refractivity (Wildman–Crippen MR) is 133 cm³/mol. The first-order chi connectivity index (χ1) is 16.5. The summed E-state index contributed by atoms with van der Waals surface area (Å²) in [6.07, 6.45) is 0.0824. The molecule has 188 valence electrons. The minimum atomic E-state index is -3.94. The van der Waals surface area contributed by atoms with E-state index in [0.29, 0.717) is 17.1 Å². The van der Waals surface area contributed by atoms with E-state index in [1.165, 1.54) is 17.0 Å². The number of nitrogens with one attached hydrogen (secondary N) is 1. The number of carbonyl (C=O) groups is 3. The van der Waals surface area contributed by atoms with Crippen LogP contribution in [0.2, 0.25) is 5.02 Å². The zero-order valence-corrected chi connectivity index (χ0v) is 21.6. The second kappa shape index (κ2) is 11.2. The number of hydrogen-bond acceptors (Lipinski definition) is 5. The molecule has 1 atom stereocenters. The Balaban J connectivity index is 1.71. The zero-order valence-electron chi connectivity index (χ0n) is 20.0. The van der Waals surface area contributed by atoms with Crippen LogP contribution < -0.4 is 5.32 Å². The van der Waals surface area contributed by atoms with E-state index in [0.717, 1.165) is 4.31 Å². The van der Waals surface area contributed by atoms with Gasteiger partial charge in [0, 0.05) is 31.1 Å². The van der Waals surface area contributed by atoms with Crippen molar-refractivity contribution < 1.29 is 22.8 Å². The molecule has 3 rings (SSSR count). The fraction of sp³-hybridized carbons (Fsp3) is 0.400. The lowest BCUT2D eigenvalue weighted by atomic mass is 10.1. The largest absolute Gasteiger partial charge is 0.354 e. The molecule has 0 spiro atoms. The number of fused-ring (bicyclic) bond motifs is 1. The quantitative estimate of drug-likeness (QED) is 0.517. The highest BCUT2D eigenvalue weighted by atomic mass is 35.5. The summed E-state index contributed by atoms with van der Waals surface area (Å²) in [4.78, 5) is 40.0. The number of halogens is 1. The smallest absolute Gasteiger partial charge is 0.269 e. The van der Waals surface area contributed by atoms with Crippen LogP contribution in [0.5, 0.6) is 0 Å². The van der Waals surface area contributed by atoms with Gasteiger partial charge < -0.3 is 10.2 Å². The van der Waals surface area contributed by atoms with Gasteiger partial charge in [-0.1, -0.05) is 55.8 Å². The van der Waals surface area contributed by atoms with Crippen LogP contribution in [0, 0.1) is 5.92 Å². The van der Waals surface area contributed by atoms with E-state index >= 15 is 0 Å². The summed E-state index contributed by atoms with van der Waals surface area (Å²) in [7, 11) is -3.94. The second-order valence-corrected chi connectivity index (χ2v) is 11.1. The molecule has 0 saturated carbocycles. The van der Waals surface area contributed by atoms with E-state index in [2.05, 4.69) is 5.32 Å². The van der Waals surface area contributed by atoms with E-state index in [-0.39, 0.29) is 54.1 Å². The van der Waals surface area contributed by atoms with Gasteiger partial charge in [-0.2, -0.15) is 0 Å². The Morgan fingerprint density at radius 1 is 1.06 bits per heavy atom. The summed E-state index contributed by atoms with van der Waals surface area (Å²) in [5, 5.41) is 3.33. The van der Waals surface area contributed by atoms with Crippen LogP contribution in [0.1, 0.15) is 49.5 Å². The molecule has 3 amide bonds. The van der Waals surface area contributed by atoms with Gasteiger partial charge >= 0.3 is 0 Å². The molecule has 0 aliphatic carbocycles. The Kier molecular flexibility index (Phi) is 8.56. The van der Waals surface area contributed by atoms with Crippen LogP contribution in [-0.4, -0.2) is 54.5 Å². The molecular formula is C25H30ClN3O5S. The Bertz CT molecular complexity index is 1220. The van der Waals surface area contributed by atoms with Crippen molar-refractivity contribution in [2.75, 3.05) is 13.1 Å². The van der Waals surface area contributed by atoms with Crippen molar-refractivity contribution in [1.82, 2.24) is 14.5 Å². The Hall–Kier alpha value is -2.91. The lowest BCUT2D eigenvalue weighted by Gasteiger charge is -2.29. The van der Waals surface area contributed by atoms with E-state index < -0.39 is 22.0 Å². The van der Waals surface area contributed by atoms with Gasteiger partial charge in [-0.3, -0.25) is 14.4 Å². The van der Waals surface area contributed by atoms with Crippen LogP contribution in [0.15, 0.2) is 53.4 Å². The topological polar surface area (TPSA) is 104 Å². The van der Waals surface area contributed by atoms with Crippen molar-refractivity contribution in [2.45, 2.75) is 51.1 Å². The number of carbonyl (C=O) groups excluding carboxylic acids is 3. The molecule has 1 N–H and O–H groups in total. The molecule has 1 heterocycles. The van der Waals surface area contributed by atoms with Crippen LogP contribution in [0.4, 0.5) is 0 Å². The molecule has 2 aromatic rings. The summed E-state index contributed by atoms with van der Waals surface area (Å²) >= 11 is 6.29. The van der Waals surface area contributed by atoms with Gasteiger partial charge in [0.05, 0.1) is 5.56 Å². The molecule has 2 aromatic carbocycles. The second-order valence-electron chi connectivity index (χ2n) is 8.91. The first kappa shape index (κ1) is 26.7. The Morgan fingerprint density at radius 3 is 2.37 bits per heavy atom. The van der Waals surface area contributed by atoms with Gasteiger partial charge in [0.25, 0.3) is 15.9 Å². The molecule has 0 unspecified atom stereocenters. The highest BCUT2D eigenvalue weighted by Crippen LogP contribution is 2.30. The van der Waals surface area contributed by atoms with Crippen molar-refractivity contribution in [1.29, 1.82) is 0 Å². The third-order valence-electron chi connectivity index (χ3n) is 5.81. The van der Waals surface area contributed by atoms with Crippen molar-refractivity contribution >= 4 is 39.3 Å². The molecule has 35 heavy (non-hydrogen) atoms. The highest BCUT2D eigenvalue weighted by Gasteiger charge is 2.40. The molecule has 8 nitrogen and oxygen atoms in total. The van der Waals surface area contributed by atoms with E-state index in [1.807, 2.05) is 13.8 Å². The van der Waals surface area contributed by atoms with Crippen LogP contribution in [0.25, 0.3) is 0 Å². The lowest BCUT2D eigenvalue weighted by molar-refractivity contribution is -0.140. The summed E-state index contributed by atoms with van der Waals surface area (Å²) in [6.45, 7) is 6.08. The minimum Gasteiger partial charge on any atom is -0.354 e. The van der Waals surface area contributed by atoms with Gasteiger partial charge in [0.15, 0.2) is 0 Å². The van der Waals surface area contributed by atoms with Gasteiger partial charge in [-0.05, 0) is 43.0 Å². The molecule has 10 heteroatoms. The first-order valence-electron chi connectivity index (χ1n) is 11.5. The van der Waals surface area contributed by atoms with Crippen molar-refractivity contribution in [3.63, 3.8) is 0 Å². The van der Waals surface area contributed by atoms with Crippen LogP contribution in [-0.2, 0) is 26.2 Å². The summed E-state index contributed by atoms with van der Waals surface area (Å²) in [5.41, 5.74) is 0.827. The van der Waals surface area contributed by atoms with Crippen molar-refractivity contribution in [3.8, 4) is 0 Å². The van der Waals surface area contributed by atoms with E-state index in [1.54, 1.807) is 43.3 Å². The molecule has 1 aliphatic heterocycles. The molecule has 0 aromatic heterocycles. The zero-order chi connectivity index (χ0) is 25.8. The fourth-order valence-electron chi connectivity index (χ4n) is 3.81. The third kappa shape index (κ3) is 6.02. The maximum Gasteiger partial charge on any atom is 0.269 e. The Labute approximate surface area is 211 Å². The van der Waals surface area contributed by atoms with Gasteiger partial charge in [-0.25, -0.2) is 12.7 Å². The summed E-state index contributed by atoms with van der Waals surface area (Å²) in [5.74, 6) is -0.962. The molecule has 1 aliphatic rings. The average Bonchev–Trinajstić information content (AvgIpc) is 3.02. The fourth-order valence-corrected chi connectivity index (χ4v) is 5.62. The number of nitrogens with zero attached hydrogens (tertiary/aromatic N) is 2. The molecule has 0 fully saturated rings. The number of rotatable bonds is 10. The third-order valence-corrected chi connectivity index (χ3v) is 8.02. The summed E-state index contributed by atoms with van der Waals surface area (Å²) < 4.78 is 26.3. The van der Waals surface area contributed by atoms with Crippen molar-refractivity contribution in [2.24, 2.45) is 5.92 Å². The minimum absolute atomic E-state index is 0.0212. The maximum atomic E-state index is 13.2. The molecular weight excluding hydrogens is 490 g/mol. The van der Waals surface area contributed by atoms with E-state index in [9.17, 15) is 22.8 Å². The number of amides is 3. The molecule has 0 radical (unpaired) electrons. The Morgan fingerprint density at radius 2 is 1.71 bits per heavy atom. The highest BCUT2D eigenvalue weighted by molar-refractivity contribution is 7.90. The first-order valence-corrected chi connectivity index (χ1v) is 13.3. The van der Waals surface area contributed by atoms with Gasteiger partial charge in [0.2, 0.25) is 11.8 Å². The standard InChI is InChI=1S/C25H30ClN3O5S/c1-17(2)15-27-24(31)18(3)28(16-19-9-4-6-11-21(19)26)23(30)13-8-14-29-25(32)20-10-5-7-12-22(20)35(29,33)34/h4-7,9-12,17-18H,8,13-16H2,1-3H3,(H,27,31)/t18-/m1/s1. The van der Waals surface area contributed by atoms with Crippen molar-refractivity contribution in [3.05, 3.63) is 64.7 Å².